The topological polar surface area (TPSA) is 32.3 Å². The molecule has 0 saturated carbocycles. The molecule has 1 aromatic rings. The van der Waals surface area contributed by atoms with Crippen molar-refractivity contribution in [3.8, 4) is 0 Å². The normalized spacial score (nSPS) is 25.2. The zero-order chi connectivity index (χ0) is 12.5. The molecule has 1 aromatic carbocycles. The van der Waals surface area contributed by atoms with E-state index in [4.69, 9.17) is 0 Å². The van der Waals surface area contributed by atoms with Gasteiger partial charge in [-0.05, 0) is 23.1 Å². The Kier molecular flexibility index (Phi) is 3.81. The van der Waals surface area contributed by atoms with Crippen molar-refractivity contribution >= 4 is 11.8 Å². The molecule has 1 saturated heterocycles. The van der Waals surface area contributed by atoms with Gasteiger partial charge >= 0.3 is 0 Å². The lowest BCUT2D eigenvalue weighted by Crippen LogP contribution is -2.19. The van der Waals surface area contributed by atoms with Crippen molar-refractivity contribution in [1.29, 1.82) is 0 Å². The first-order chi connectivity index (χ1) is 7.97. The molecule has 0 aromatic heterocycles. The summed E-state index contributed by atoms with van der Waals surface area (Å²) in [5, 5.41) is 13.2. The van der Waals surface area contributed by atoms with Crippen LogP contribution in [0.15, 0.2) is 29.2 Å². The van der Waals surface area contributed by atoms with Crippen LogP contribution in [0.4, 0.5) is 0 Å². The van der Waals surface area contributed by atoms with E-state index in [1.807, 2.05) is 0 Å². The van der Waals surface area contributed by atoms with Crippen molar-refractivity contribution in [2.75, 3.05) is 13.1 Å². The quantitative estimate of drug-likeness (QED) is 0.846. The van der Waals surface area contributed by atoms with Crippen molar-refractivity contribution in [2.45, 2.75) is 42.4 Å². The van der Waals surface area contributed by atoms with Gasteiger partial charge in [-0.3, -0.25) is 0 Å². The molecule has 3 heteroatoms. The lowest BCUT2D eigenvalue weighted by molar-refractivity contribution is 0.201. The zero-order valence-electron chi connectivity index (χ0n) is 10.7. The Balaban J connectivity index is 2.03. The largest absolute Gasteiger partial charge is 0.391 e. The van der Waals surface area contributed by atoms with Gasteiger partial charge in [-0.25, -0.2) is 0 Å². The molecule has 2 unspecified atom stereocenters. The molecule has 2 N–H and O–H groups in total. The average Bonchev–Trinajstić information content (AvgIpc) is 2.64. The van der Waals surface area contributed by atoms with Crippen LogP contribution in [0.5, 0.6) is 0 Å². The van der Waals surface area contributed by atoms with Crippen LogP contribution >= 0.6 is 11.8 Å². The van der Waals surface area contributed by atoms with E-state index in [0.717, 1.165) is 13.1 Å². The second-order valence-electron chi connectivity index (χ2n) is 5.66. The van der Waals surface area contributed by atoms with E-state index in [1.54, 1.807) is 11.8 Å². The number of β-amino-alcohol motifs (C(OH)–C–C–N with tert-alkyl or cyclic N) is 1. The van der Waals surface area contributed by atoms with Crippen LogP contribution in [0.2, 0.25) is 0 Å². The Hall–Kier alpha value is -0.510. The van der Waals surface area contributed by atoms with Crippen molar-refractivity contribution in [2.24, 2.45) is 0 Å². The van der Waals surface area contributed by atoms with E-state index in [-0.39, 0.29) is 16.8 Å². The molecular formula is C14H21NOS. The lowest BCUT2D eigenvalue weighted by atomic mass is 9.87. The van der Waals surface area contributed by atoms with Crippen LogP contribution in [-0.2, 0) is 5.41 Å². The molecule has 0 spiro atoms. The fraction of sp³-hybridized carbons (Fsp3) is 0.571. The predicted octanol–water partition coefficient (Wildman–Crippen LogP) is 2.41. The zero-order valence-corrected chi connectivity index (χ0v) is 11.6. The first-order valence-corrected chi connectivity index (χ1v) is 7.01. The van der Waals surface area contributed by atoms with Gasteiger partial charge < -0.3 is 10.4 Å². The standard InChI is InChI=1S/C14H21NOS/c1-14(2,3)10-4-6-11(7-5-10)17-13-9-15-8-12(13)16/h4-7,12-13,15-16H,8-9H2,1-3H3. The van der Waals surface area contributed by atoms with Crippen LogP contribution in [-0.4, -0.2) is 29.5 Å². The number of aliphatic hydroxyl groups excluding tert-OH is 1. The number of thioether (sulfide) groups is 1. The van der Waals surface area contributed by atoms with Crippen LogP contribution in [0.3, 0.4) is 0 Å². The van der Waals surface area contributed by atoms with Crippen molar-refractivity contribution in [1.82, 2.24) is 5.32 Å². The fourth-order valence-corrected chi connectivity index (χ4v) is 3.07. The van der Waals surface area contributed by atoms with Crippen LogP contribution in [0.25, 0.3) is 0 Å². The second kappa shape index (κ2) is 5.01. The summed E-state index contributed by atoms with van der Waals surface area (Å²) in [7, 11) is 0. The van der Waals surface area contributed by atoms with Crippen LogP contribution in [0.1, 0.15) is 26.3 Å². The molecule has 1 aliphatic rings. The number of hydrogen-bond acceptors (Lipinski definition) is 3. The van der Waals surface area contributed by atoms with E-state index < -0.39 is 0 Å². The highest BCUT2D eigenvalue weighted by Crippen LogP contribution is 2.29. The van der Waals surface area contributed by atoms with E-state index in [1.165, 1.54) is 10.5 Å². The minimum atomic E-state index is -0.220. The summed E-state index contributed by atoms with van der Waals surface area (Å²) < 4.78 is 0. The third-order valence-electron chi connectivity index (χ3n) is 3.14. The SMILES string of the molecule is CC(C)(C)c1ccc(SC2CNCC2O)cc1. The molecular weight excluding hydrogens is 230 g/mol. The Labute approximate surface area is 108 Å². The summed E-state index contributed by atoms with van der Waals surface area (Å²) in [6, 6.07) is 8.71. The molecule has 0 aliphatic carbocycles. The maximum atomic E-state index is 9.75. The lowest BCUT2D eigenvalue weighted by Gasteiger charge is -2.19. The van der Waals surface area contributed by atoms with Gasteiger partial charge in [0.2, 0.25) is 0 Å². The Morgan fingerprint density at radius 3 is 2.29 bits per heavy atom. The van der Waals surface area contributed by atoms with Crippen LogP contribution in [0, 0.1) is 0 Å². The first kappa shape index (κ1) is 12.9. The van der Waals surface area contributed by atoms with Crippen LogP contribution < -0.4 is 5.32 Å². The highest BCUT2D eigenvalue weighted by Gasteiger charge is 2.25. The maximum absolute atomic E-state index is 9.75. The van der Waals surface area contributed by atoms with E-state index in [2.05, 4.69) is 50.4 Å². The summed E-state index contributed by atoms with van der Waals surface area (Å²) in [6.07, 6.45) is -0.220. The van der Waals surface area contributed by atoms with E-state index >= 15 is 0 Å². The molecule has 0 radical (unpaired) electrons. The number of benzene rings is 1. The molecule has 0 bridgehead atoms. The Bertz CT molecular complexity index is 369. The van der Waals surface area contributed by atoms with E-state index in [0.29, 0.717) is 0 Å². The van der Waals surface area contributed by atoms with Gasteiger partial charge in [-0.15, -0.1) is 11.8 Å². The second-order valence-corrected chi connectivity index (χ2v) is 6.97. The number of aliphatic hydroxyl groups is 1. The van der Waals surface area contributed by atoms with Crippen molar-refractivity contribution in [3.05, 3.63) is 29.8 Å². The minimum Gasteiger partial charge on any atom is -0.391 e. The smallest absolute Gasteiger partial charge is 0.0798 e. The van der Waals surface area contributed by atoms with Gasteiger partial charge in [0, 0.05) is 23.2 Å². The van der Waals surface area contributed by atoms with Gasteiger partial charge in [0.05, 0.1) is 6.10 Å². The van der Waals surface area contributed by atoms with Crippen molar-refractivity contribution in [3.63, 3.8) is 0 Å². The van der Waals surface area contributed by atoms with Gasteiger partial charge in [0.25, 0.3) is 0 Å². The monoisotopic (exact) mass is 251 g/mol. The molecule has 1 aliphatic heterocycles. The molecule has 0 amide bonds. The first-order valence-electron chi connectivity index (χ1n) is 6.13. The number of rotatable bonds is 2. The highest BCUT2D eigenvalue weighted by atomic mass is 32.2. The Morgan fingerprint density at radius 1 is 1.18 bits per heavy atom. The van der Waals surface area contributed by atoms with Gasteiger partial charge in [0.1, 0.15) is 0 Å². The third-order valence-corrected chi connectivity index (χ3v) is 4.46. The predicted molar refractivity (Wildman–Crippen MR) is 73.7 cm³/mol. The van der Waals surface area contributed by atoms with Gasteiger partial charge in [-0.1, -0.05) is 32.9 Å². The summed E-state index contributed by atoms with van der Waals surface area (Å²) >= 11 is 1.77. The molecule has 1 fully saturated rings. The highest BCUT2D eigenvalue weighted by molar-refractivity contribution is 8.00. The molecule has 94 valence electrons. The summed E-state index contributed by atoms with van der Waals surface area (Å²) in [6.45, 7) is 8.28. The third kappa shape index (κ3) is 3.24. The van der Waals surface area contributed by atoms with Gasteiger partial charge in [0.15, 0.2) is 0 Å². The Morgan fingerprint density at radius 2 is 1.82 bits per heavy atom. The van der Waals surface area contributed by atoms with E-state index in [9.17, 15) is 5.11 Å². The molecule has 17 heavy (non-hydrogen) atoms. The van der Waals surface area contributed by atoms with Gasteiger partial charge in [-0.2, -0.15) is 0 Å². The maximum Gasteiger partial charge on any atom is 0.0798 e. The molecule has 2 rings (SSSR count). The number of nitrogens with one attached hydrogen (secondary N) is 1. The summed E-state index contributed by atoms with van der Waals surface area (Å²) in [5.41, 5.74) is 1.56. The number of hydrogen-bond donors (Lipinski definition) is 2. The molecule has 2 atom stereocenters. The molecule has 1 heterocycles. The summed E-state index contributed by atoms with van der Waals surface area (Å²) in [4.78, 5) is 1.24. The fourth-order valence-electron chi connectivity index (χ4n) is 1.97. The summed E-state index contributed by atoms with van der Waals surface area (Å²) in [5.74, 6) is 0. The minimum absolute atomic E-state index is 0.206. The average molecular weight is 251 g/mol. The van der Waals surface area contributed by atoms with Crippen molar-refractivity contribution < 1.29 is 5.11 Å². The molecule has 2 nitrogen and oxygen atoms in total.